The number of aromatic amines is 1. The Labute approximate surface area is 195 Å². The molecule has 0 unspecified atom stereocenters. The SMILES string of the molecule is CCc1ccc(CCNC(=O)C2(Cc3ccccc3)CCN(C(=O)c3cn[nH]c3)CC2)cc1. The quantitative estimate of drug-likeness (QED) is 0.555. The van der Waals surface area contributed by atoms with Gasteiger partial charge in [0.2, 0.25) is 5.91 Å². The van der Waals surface area contributed by atoms with Gasteiger partial charge in [-0.15, -0.1) is 0 Å². The van der Waals surface area contributed by atoms with E-state index in [9.17, 15) is 9.59 Å². The first kappa shape index (κ1) is 22.8. The van der Waals surface area contributed by atoms with Gasteiger partial charge in [-0.1, -0.05) is 61.5 Å². The predicted molar refractivity (Wildman–Crippen MR) is 129 cm³/mol. The minimum absolute atomic E-state index is 0.0343. The third-order valence-electron chi connectivity index (χ3n) is 6.75. The lowest BCUT2D eigenvalue weighted by atomic mass is 9.72. The topological polar surface area (TPSA) is 78.1 Å². The number of amides is 2. The molecule has 0 saturated carbocycles. The summed E-state index contributed by atoms with van der Waals surface area (Å²) in [5.74, 6) is 0.0555. The Balaban J connectivity index is 1.41. The van der Waals surface area contributed by atoms with Crippen LogP contribution in [0.2, 0.25) is 0 Å². The van der Waals surface area contributed by atoms with Gasteiger partial charge < -0.3 is 10.2 Å². The summed E-state index contributed by atoms with van der Waals surface area (Å²) < 4.78 is 0. The third-order valence-corrected chi connectivity index (χ3v) is 6.75. The van der Waals surface area contributed by atoms with Crippen LogP contribution in [0.25, 0.3) is 0 Å². The van der Waals surface area contributed by atoms with Gasteiger partial charge in [-0.3, -0.25) is 14.7 Å². The number of piperidine rings is 1. The summed E-state index contributed by atoms with van der Waals surface area (Å²) in [6.07, 6.45) is 6.97. The molecule has 2 N–H and O–H groups in total. The molecule has 2 heterocycles. The smallest absolute Gasteiger partial charge is 0.257 e. The van der Waals surface area contributed by atoms with Crippen molar-refractivity contribution in [3.05, 3.63) is 89.2 Å². The normalized spacial score (nSPS) is 15.2. The number of hydrogen-bond acceptors (Lipinski definition) is 3. The molecule has 2 aromatic carbocycles. The van der Waals surface area contributed by atoms with Crippen LogP contribution >= 0.6 is 0 Å². The molecule has 6 nitrogen and oxygen atoms in total. The first-order valence-electron chi connectivity index (χ1n) is 11.8. The average Bonchev–Trinajstić information content (AvgIpc) is 3.40. The number of H-pyrrole nitrogens is 1. The fourth-order valence-corrected chi connectivity index (χ4v) is 4.61. The summed E-state index contributed by atoms with van der Waals surface area (Å²) in [6, 6.07) is 18.8. The second-order valence-electron chi connectivity index (χ2n) is 8.90. The molecule has 4 rings (SSSR count). The molecular formula is C27H32N4O2. The largest absolute Gasteiger partial charge is 0.355 e. The van der Waals surface area contributed by atoms with Gasteiger partial charge in [0.1, 0.15) is 0 Å². The molecule has 6 heteroatoms. The van der Waals surface area contributed by atoms with Crippen molar-refractivity contribution >= 4 is 11.8 Å². The highest BCUT2D eigenvalue weighted by Gasteiger charge is 2.42. The van der Waals surface area contributed by atoms with Crippen molar-refractivity contribution in [1.82, 2.24) is 20.4 Å². The van der Waals surface area contributed by atoms with Gasteiger partial charge in [0, 0.05) is 25.8 Å². The second kappa shape index (κ2) is 10.5. The number of nitrogens with one attached hydrogen (secondary N) is 2. The molecule has 1 aromatic heterocycles. The van der Waals surface area contributed by atoms with Gasteiger partial charge >= 0.3 is 0 Å². The molecule has 1 aliphatic heterocycles. The van der Waals surface area contributed by atoms with Crippen LogP contribution in [0.4, 0.5) is 0 Å². The Bertz CT molecular complexity index is 1040. The Hall–Kier alpha value is -3.41. The second-order valence-corrected chi connectivity index (χ2v) is 8.90. The summed E-state index contributed by atoms with van der Waals surface area (Å²) in [4.78, 5) is 28.1. The highest BCUT2D eigenvalue weighted by molar-refractivity contribution is 5.94. The zero-order valence-electron chi connectivity index (χ0n) is 19.2. The molecule has 172 valence electrons. The maximum Gasteiger partial charge on any atom is 0.257 e. The van der Waals surface area contributed by atoms with E-state index in [0.717, 1.165) is 18.4 Å². The van der Waals surface area contributed by atoms with Crippen molar-refractivity contribution < 1.29 is 9.59 Å². The summed E-state index contributed by atoms with van der Waals surface area (Å²) in [7, 11) is 0. The molecule has 0 spiro atoms. The van der Waals surface area contributed by atoms with E-state index >= 15 is 0 Å². The van der Waals surface area contributed by atoms with E-state index in [1.165, 1.54) is 11.1 Å². The molecule has 1 saturated heterocycles. The molecule has 0 bridgehead atoms. The zero-order chi connectivity index (χ0) is 23.1. The fourth-order valence-electron chi connectivity index (χ4n) is 4.61. The van der Waals surface area contributed by atoms with Crippen LogP contribution in [0.3, 0.4) is 0 Å². The molecule has 3 aromatic rings. The van der Waals surface area contributed by atoms with E-state index in [-0.39, 0.29) is 11.8 Å². The Morgan fingerprint density at radius 1 is 1.00 bits per heavy atom. The van der Waals surface area contributed by atoms with Crippen molar-refractivity contribution in [3.8, 4) is 0 Å². The highest BCUT2D eigenvalue weighted by atomic mass is 16.2. The lowest BCUT2D eigenvalue weighted by molar-refractivity contribution is -0.133. The van der Waals surface area contributed by atoms with Crippen LogP contribution in [0.5, 0.6) is 0 Å². The molecule has 0 radical (unpaired) electrons. The number of benzene rings is 2. The van der Waals surface area contributed by atoms with E-state index < -0.39 is 5.41 Å². The molecule has 33 heavy (non-hydrogen) atoms. The summed E-state index contributed by atoms with van der Waals surface area (Å²) in [5.41, 5.74) is 3.74. The van der Waals surface area contributed by atoms with Crippen LogP contribution in [0.15, 0.2) is 67.0 Å². The van der Waals surface area contributed by atoms with Gasteiger partial charge in [0.25, 0.3) is 5.91 Å². The van der Waals surface area contributed by atoms with E-state index in [1.54, 1.807) is 12.4 Å². The van der Waals surface area contributed by atoms with Crippen LogP contribution in [-0.4, -0.2) is 46.5 Å². The highest BCUT2D eigenvalue weighted by Crippen LogP contribution is 2.36. The van der Waals surface area contributed by atoms with Crippen molar-refractivity contribution in [3.63, 3.8) is 0 Å². The zero-order valence-corrected chi connectivity index (χ0v) is 19.2. The molecule has 0 aliphatic carbocycles. The maximum atomic E-state index is 13.5. The number of nitrogens with zero attached hydrogens (tertiary/aromatic N) is 2. The minimum atomic E-state index is -0.513. The lowest BCUT2D eigenvalue weighted by Crippen LogP contribution is -2.51. The van der Waals surface area contributed by atoms with Gasteiger partial charge in [0.15, 0.2) is 0 Å². The molecule has 2 amide bonds. The number of rotatable bonds is 8. The third kappa shape index (κ3) is 5.51. The molecule has 0 atom stereocenters. The van der Waals surface area contributed by atoms with Gasteiger partial charge in [-0.05, 0) is 48.8 Å². The lowest BCUT2D eigenvalue weighted by Gasteiger charge is -2.40. The number of carbonyl (C=O) groups excluding carboxylic acids is 2. The number of aryl methyl sites for hydroxylation is 1. The number of likely N-dealkylation sites (tertiary alicyclic amines) is 1. The van der Waals surface area contributed by atoms with Crippen molar-refractivity contribution in [1.29, 1.82) is 0 Å². The number of aromatic nitrogens is 2. The molecule has 1 aliphatic rings. The first-order valence-corrected chi connectivity index (χ1v) is 11.8. The van der Waals surface area contributed by atoms with Crippen LogP contribution in [0, 0.1) is 5.41 Å². The van der Waals surface area contributed by atoms with Gasteiger partial charge in [-0.25, -0.2) is 0 Å². The maximum absolute atomic E-state index is 13.5. The average molecular weight is 445 g/mol. The summed E-state index contributed by atoms with van der Waals surface area (Å²) in [5, 5.41) is 9.79. The number of carbonyl (C=O) groups is 2. The minimum Gasteiger partial charge on any atom is -0.355 e. The monoisotopic (exact) mass is 444 g/mol. The van der Waals surface area contributed by atoms with Crippen LogP contribution in [-0.2, 0) is 24.1 Å². The number of hydrogen-bond donors (Lipinski definition) is 2. The van der Waals surface area contributed by atoms with Crippen LogP contribution in [0.1, 0.15) is 46.8 Å². The predicted octanol–water partition coefficient (Wildman–Crippen LogP) is 3.80. The van der Waals surface area contributed by atoms with Crippen molar-refractivity contribution in [2.75, 3.05) is 19.6 Å². The standard InChI is InChI=1S/C27H32N4O2/c1-2-21-8-10-22(11-9-21)12-15-28-26(33)27(18-23-6-4-3-5-7-23)13-16-31(17-14-27)25(32)24-19-29-30-20-24/h3-11,19-20H,2,12-18H2,1H3,(H,28,33)(H,29,30). The van der Waals surface area contributed by atoms with E-state index in [2.05, 4.69) is 58.8 Å². The van der Waals surface area contributed by atoms with Gasteiger partial charge in [0.05, 0.1) is 17.2 Å². The Morgan fingerprint density at radius 2 is 1.70 bits per heavy atom. The Morgan fingerprint density at radius 3 is 2.33 bits per heavy atom. The molecule has 1 fully saturated rings. The van der Waals surface area contributed by atoms with E-state index in [1.807, 2.05) is 23.1 Å². The summed E-state index contributed by atoms with van der Waals surface area (Å²) >= 11 is 0. The van der Waals surface area contributed by atoms with Crippen molar-refractivity contribution in [2.45, 2.75) is 39.0 Å². The van der Waals surface area contributed by atoms with E-state index in [0.29, 0.717) is 44.5 Å². The van der Waals surface area contributed by atoms with Crippen molar-refractivity contribution in [2.24, 2.45) is 5.41 Å². The molecular weight excluding hydrogens is 412 g/mol. The first-order chi connectivity index (χ1) is 16.1. The van der Waals surface area contributed by atoms with Gasteiger partial charge in [-0.2, -0.15) is 5.10 Å². The summed E-state index contributed by atoms with van der Waals surface area (Å²) in [6.45, 7) is 3.87. The van der Waals surface area contributed by atoms with Crippen LogP contribution < -0.4 is 5.32 Å². The fraction of sp³-hybridized carbons (Fsp3) is 0.370. The van der Waals surface area contributed by atoms with E-state index in [4.69, 9.17) is 0 Å². The Kier molecular flexibility index (Phi) is 7.23.